The number of anilines is 3. The van der Waals surface area contributed by atoms with Crippen LogP contribution in [0.5, 0.6) is 11.5 Å². The molecular weight excluding hydrogens is 408 g/mol. The van der Waals surface area contributed by atoms with Crippen LogP contribution >= 0.6 is 0 Å². The lowest BCUT2D eigenvalue weighted by molar-refractivity contribution is -0.119. The summed E-state index contributed by atoms with van der Waals surface area (Å²) >= 11 is 0. The van der Waals surface area contributed by atoms with Gasteiger partial charge in [-0.1, -0.05) is 0 Å². The third-order valence-electron chi connectivity index (χ3n) is 6.05. The van der Waals surface area contributed by atoms with Gasteiger partial charge in [-0.25, -0.2) is 4.79 Å². The molecule has 0 saturated carbocycles. The highest BCUT2D eigenvalue weighted by Gasteiger charge is 2.25. The second kappa shape index (κ2) is 9.80. The predicted octanol–water partition coefficient (Wildman–Crippen LogP) is 3.57. The molecule has 4 rings (SSSR count). The van der Waals surface area contributed by atoms with Gasteiger partial charge in [0.05, 0.1) is 19.9 Å². The van der Waals surface area contributed by atoms with E-state index in [1.165, 1.54) is 0 Å². The van der Waals surface area contributed by atoms with E-state index in [9.17, 15) is 9.59 Å². The van der Waals surface area contributed by atoms with Gasteiger partial charge in [0.25, 0.3) is 0 Å². The molecule has 1 N–H and O–H groups in total. The summed E-state index contributed by atoms with van der Waals surface area (Å²) in [4.78, 5) is 31.1. The summed E-state index contributed by atoms with van der Waals surface area (Å²) < 4.78 is 10.7. The van der Waals surface area contributed by atoms with E-state index in [2.05, 4.69) is 10.2 Å². The first-order chi connectivity index (χ1) is 15.6. The van der Waals surface area contributed by atoms with Crippen molar-refractivity contribution in [3.05, 3.63) is 42.5 Å². The Morgan fingerprint density at radius 1 is 0.906 bits per heavy atom. The lowest BCUT2D eigenvalue weighted by atomic mass is 10.1. The number of nitrogens with zero attached hydrogens (tertiary/aromatic N) is 3. The average Bonchev–Trinajstić information content (AvgIpc) is 2.84. The number of carbonyl (C=O) groups excluding carboxylic acids is 2. The maximum absolute atomic E-state index is 12.9. The zero-order chi connectivity index (χ0) is 22.5. The molecule has 2 saturated heterocycles. The first-order valence-electron chi connectivity index (χ1n) is 11.0. The summed E-state index contributed by atoms with van der Waals surface area (Å²) in [6.45, 7) is 3.45. The summed E-state index contributed by atoms with van der Waals surface area (Å²) in [5, 5.41) is 2.99. The summed E-state index contributed by atoms with van der Waals surface area (Å²) in [7, 11) is 3.25. The minimum absolute atomic E-state index is 0.0904. The molecule has 0 unspecified atom stereocenters. The molecule has 2 heterocycles. The Hall–Kier alpha value is -3.42. The van der Waals surface area contributed by atoms with Crippen LogP contribution in [0.25, 0.3) is 0 Å². The van der Waals surface area contributed by atoms with Crippen LogP contribution in [0, 0.1) is 0 Å². The molecule has 0 radical (unpaired) electrons. The number of carbonyl (C=O) groups is 2. The fraction of sp³-hybridized carbons (Fsp3) is 0.417. The molecule has 0 spiro atoms. The van der Waals surface area contributed by atoms with E-state index in [0.29, 0.717) is 43.2 Å². The molecule has 2 aliphatic rings. The van der Waals surface area contributed by atoms with Gasteiger partial charge in [-0.3, -0.25) is 4.79 Å². The largest absolute Gasteiger partial charge is 0.497 e. The molecule has 170 valence electrons. The third-order valence-corrected chi connectivity index (χ3v) is 6.05. The van der Waals surface area contributed by atoms with Crippen LogP contribution in [0.4, 0.5) is 21.9 Å². The summed E-state index contributed by atoms with van der Waals surface area (Å²) in [5.41, 5.74) is 2.48. The standard InChI is InChI=1S/C24H30N4O4/c1-31-20-9-7-19(8-10-20)26-13-15-27(16-14-26)24(30)25-18-6-11-22(32-2)21(17-18)28-12-4-3-5-23(28)29/h6-11,17H,3-5,12-16H2,1-2H3,(H,25,30). The Morgan fingerprint density at radius 2 is 1.66 bits per heavy atom. The number of hydrogen-bond acceptors (Lipinski definition) is 5. The second-order valence-corrected chi connectivity index (χ2v) is 7.99. The Morgan fingerprint density at radius 3 is 2.31 bits per heavy atom. The van der Waals surface area contributed by atoms with Gasteiger partial charge in [-0.2, -0.15) is 0 Å². The van der Waals surface area contributed by atoms with Crippen LogP contribution in [0.2, 0.25) is 0 Å². The number of ether oxygens (including phenoxy) is 2. The van der Waals surface area contributed by atoms with Crippen molar-refractivity contribution in [1.29, 1.82) is 0 Å². The minimum atomic E-state index is -0.138. The molecule has 8 heteroatoms. The van der Waals surface area contributed by atoms with Gasteiger partial charge >= 0.3 is 6.03 Å². The fourth-order valence-corrected chi connectivity index (χ4v) is 4.20. The Kier molecular flexibility index (Phi) is 6.68. The van der Waals surface area contributed by atoms with Crippen LogP contribution < -0.4 is 24.6 Å². The van der Waals surface area contributed by atoms with Gasteiger partial charge in [0, 0.05) is 50.5 Å². The molecule has 0 atom stereocenters. The first kappa shape index (κ1) is 21.8. The maximum Gasteiger partial charge on any atom is 0.321 e. The van der Waals surface area contributed by atoms with Crippen molar-refractivity contribution in [1.82, 2.24) is 4.90 Å². The number of amides is 3. The van der Waals surface area contributed by atoms with Crippen molar-refractivity contribution >= 4 is 29.0 Å². The first-order valence-corrected chi connectivity index (χ1v) is 11.0. The zero-order valence-electron chi connectivity index (χ0n) is 18.7. The molecule has 2 aromatic rings. The molecule has 0 aromatic heterocycles. The van der Waals surface area contributed by atoms with Crippen molar-refractivity contribution in [2.24, 2.45) is 0 Å². The van der Waals surface area contributed by atoms with Crippen molar-refractivity contribution in [3.8, 4) is 11.5 Å². The van der Waals surface area contributed by atoms with Gasteiger partial charge in [0.2, 0.25) is 5.91 Å². The van der Waals surface area contributed by atoms with E-state index in [1.54, 1.807) is 25.2 Å². The van der Waals surface area contributed by atoms with E-state index in [4.69, 9.17) is 9.47 Å². The number of hydrogen-bond donors (Lipinski definition) is 1. The van der Waals surface area contributed by atoms with Crippen LogP contribution in [0.3, 0.4) is 0 Å². The number of piperazine rings is 1. The quantitative estimate of drug-likeness (QED) is 0.773. The van der Waals surface area contributed by atoms with Crippen molar-refractivity contribution in [2.75, 3.05) is 62.1 Å². The highest BCUT2D eigenvalue weighted by Crippen LogP contribution is 2.33. The highest BCUT2D eigenvalue weighted by atomic mass is 16.5. The zero-order valence-corrected chi connectivity index (χ0v) is 18.7. The molecule has 0 bridgehead atoms. The monoisotopic (exact) mass is 438 g/mol. The number of methoxy groups -OCH3 is 2. The smallest absolute Gasteiger partial charge is 0.321 e. The number of piperidine rings is 1. The molecule has 2 fully saturated rings. The van der Waals surface area contributed by atoms with Gasteiger partial charge < -0.3 is 29.5 Å². The van der Waals surface area contributed by atoms with Gasteiger partial charge in [-0.05, 0) is 55.3 Å². The Balaban J connectivity index is 1.38. The Labute approximate surface area is 188 Å². The molecule has 2 aliphatic heterocycles. The molecular formula is C24H30N4O4. The van der Waals surface area contributed by atoms with Gasteiger partial charge in [0.15, 0.2) is 0 Å². The van der Waals surface area contributed by atoms with E-state index >= 15 is 0 Å². The molecule has 3 amide bonds. The maximum atomic E-state index is 12.9. The Bertz CT molecular complexity index is 955. The fourth-order valence-electron chi connectivity index (χ4n) is 4.20. The minimum Gasteiger partial charge on any atom is -0.497 e. The van der Waals surface area contributed by atoms with E-state index in [0.717, 1.165) is 37.4 Å². The second-order valence-electron chi connectivity index (χ2n) is 7.99. The normalized spacial score (nSPS) is 16.7. The molecule has 2 aromatic carbocycles. The topological polar surface area (TPSA) is 74.4 Å². The lowest BCUT2D eigenvalue weighted by Crippen LogP contribution is -2.50. The van der Waals surface area contributed by atoms with E-state index < -0.39 is 0 Å². The lowest BCUT2D eigenvalue weighted by Gasteiger charge is -2.36. The summed E-state index contributed by atoms with van der Waals surface area (Å²) in [6, 6.07) is 13.3. The van der Waals surface area contributed by atoms with Crippen LogP contribution in [-0.2, 0) is 4.79 Å². The van der Waals surface area contributed by atoms with Crippen LogP contribution in [-0.4, -0.2) is 63.8 Å². The number of urea groups is 1. The van der Waals surface area contributed by atoms with Gasteiger partial charge in [0.1, 0.15) is 11.5 Å². The molecule has 0 aliphatic carbocycles. The number of nitrogens with one attached hydrogen (secondary N) is 1. The van der Waals surface area contributed by atoms with Crippen LogP contribution in [0.15, 0.2) is 42.5 Å². The third kappa shape index (κ3) is 4.74. The number of benzene rings is 2. The van der Waals surface area contributed by atoms with Crippen molar-refractivity contribution < 1.29 is 19.1 Å². The summed E-state index contributed by atoms with van der Waals surface area (Å²) in [5.74, 6) is 1.55. The van der Waals surface area contributed by atoms with Gasteiger partial charge in [-0.15, -0.1) is 0 Å². The highest BCUT2D eigenvalue weighted by molar-refractivity contribution is 5.97. The summed E-state index contributed by atoms with van der Waals surface area (Å²) in [6.07, 6.45) is 2.42. The van der Waals surface area contributed by atoms with E-state index in [-0.39, 0.29) is 11.9 Å². The average molecular weight is 439 g/mol. The molecule has 32 heavy (non-hydrogen) atoms. The van der Waals surface area contributed by atoms with E-state index in [1.807, 2.05) is 41.3 Å². The number of rotatable bonds is 5. The predicted molar refractivity (Wildman–Crippen MR) is 125 cm³/mol. The van der Waals surface area contributed by atoms with Crippen molar-refractivity contribution in [3.63, 3.8) is 0 Å². The molecule has 8 nitrogen and oxygen atoms in total. The SMILES string of the molecule is COc1ccc(N2CCN(C(=O)Nc3ccc(OC)c(N4CCCCC4=O)c3)CC2)cc1. The van der Waals surface area contributed by atoms with Crippen LogP contribution in [0.1, 0.15) is 19.3 Å². The van der Waals surface area contributed by atoms with Crippen molar-refractivity contribution in [2.45, 2.75) is 19.3 Å².